The molecule has 0 unspecified atom stereocenters. The number of nitrogens with zero attached hydrogens (tertiary/aromatic N) is 2. The molecular weight excluding hydrogens is 480 g/mol. The van der Waals surface area contributed by atoms with E-state index in [1.54, 1.807) is 29.0 Å². The molecule has 0 aliphatic carbocycles. The van der Waals surface area contributed by atoms with E-state index in [2.05, 4.69) is 79.9 Å². The fourth-order valence-electron chi connectivity index (χ4n) is 3.58. The van der Waals surface area contributed by atoms with E-state index in [0.29, 0.717) is 0 Å². The van der Waals surface area contributed by atoms with Gasteiger partial charge in [0.2, 0.25) is 0 Å². The molecule has 4 aromatic heterocycles. The molecule has 0 aliphatic heterocycles. The second kappa shape index (κ2) is 11.9. The van der Waals surface area contributed by atoms with E-state index in [1.807, 2.05) is 66.3 Å². The molecule has 0 saturated heterocycles. The summed E-state index contributed by atoms with van der Waals surface area (Å²) >= 11 is 3.46. The summed E-state index contributed by atoms with van der Waals surface area (Å²) < 4.78 is 2.63. The molecule has 0 radical (unpaired) electrons. The SMILES string of the molecule is c1ccc2[nH]ccc2c1.c1ccc2[nH]cnc2c1.c1ccc2sccc2c1.c1ccc2scnc2c1. The van der Waals surface area contributed by atoms with Gasteiger partial charge in [0.25, 0.3) is 0 Å². The summed E-state index contributed by atoms with van der Waals surface area (Å²) in [5, 5.41) is 4.74. The van der Waals surface area contributed by atoms with Crippen molar-refractivity contribution in [2.24, 2.45) is 0 Å². The largest absolute Gasteiger partial charge is 0.361 e. The Labute approximate surface area is 216 Å². The fourth-order valence-corrected chi connectivity index (χ4v) is 5.05. The Bertz CT molecular complexity index is 1390. The molecule has 0 aliphatic rings. The van der Waals surface area contributed by atoms with E-state index < -0.39 is 0 Å². The third kappa shape index (κ3) is 6.05. The molecule has 4 nitrogen and oxygen atoms in total. The zero-order chi connectivity index (χ0) is 24.4. The predicted octanol–water partition coefficient (Wildman–Crippen LogP) is 8.93. The van der Waals surface area contributed by atoms with Crippen LogP contribution in [-0.2, 0) is 0 Å². The van der Waals surface area contributed by atoms with Crippen molar-refractivity contribution in [2.45, 2.75) is 0 Å². The lowest BCUT2D eigenvalue weighted by molar-refractivity contribution is 1.34. The second-order valence-corrected chi connectivity index (χ2v) is 9.60. The monoisotopic (exact) mass is 504 g/mol. The Morgan fingerprint density at radius 1 is 0.500 bits per heavy atom. The molecule has 36 heavy (non-hydrogen) atoms. The Morgan fingerprint density at radius 3 is 1.97 bits per heavy atom. The van der Waals surface area contributed by atoms with Crippen molar-refractivity contribution in [2.75, 3.05) is 0 Å². The normalized spacial score (nSPS) is 10.2. The van der Waals surface area contributed by atoms with Crippen molar-refractivity contribution in [3.63, 3.8) is 0 Å². The Kier molecular flexibility index (Phi) is 7.78. The molecule has 0 fully saturated rings. The van der Waals surface area contributed by atoms with Gasteiger partial charge in [-0.2, -0.15) is 0 Å². The topological polar surface area (TPSA) is 57.4 Å². The number of nitrogens with one attached hydrogen (secondary N) is 2. The van der Waals surface area contributed by atoms with Crippen LogP contribution < -0.4 is 0 Å². The number of hydrogen-bond acceptors (Lipinski definition) is 4. The van der Waals surface area contributed by atoms with Crippen molar-refractivity contribution in [3.05, 3.63) is 133 Å². The van der Waals surface area contributed by atoms with Crippen LogP contribution in [0.15, 0.2) is 133 Å². The molecule has 2 N–H and O–H groups in total. The lowest BCUT2D eigenvalue weighted by Crippen LogP contribution is -1.63. The maximum Gasteiger partial charge on any atom is 0.0931 e. The lowest BCUT2D eigenvalue weighted by Gasteiger charge is -1.83. The first-order chi connectivity index (χ1) is 17.9. The fraction of sp³-hybridized carbons (Fsp3) is 0. The van der Waals surface area contributed by atoms with E-state index in [0.717, 1.165) is 16.6 Å². The van der Waals surface area contributed by atoms with Gasteiger partial charge in [0.1, 0.15) is 0 Å². The smallest absolute Gasteiger partial charge is 0.0931 e. The summed E-state index contributed by atoms with van der Waals surface area (Å²) in [7, 11) is 0. The number of benzene rings is 4. The summed E-state index contributed by atoms with van der Waals surface area (Å²) in [6.45, 7) is 0. The van der Waals surface area contributed by atoms with Gasteiger partial charge in [-0.3, -0.25) is 0 Å². The predicted molar refractivity (Wildman–Crippen MR) is 156 cm³/mol. The maximum atomic E-state index is 4.14. The molecule has 8 aromatic rings. The molecule has 0 saturated carbocycles. The Morgan fingerprint density at radius 2 is 1.19 bits per heavy atom. The average molecular weight is 505 g/mol. The number of rotatable bonds is 0. The molecule has 0 spiro atoms. The van der Waals surface area contributed by atoms with Gasteiger partial charge in [0.05, 0.1) is 33.1 Å². The van der Waals surface area contributed by atoms with Crippen molar-refractivity contribution in [3.8, 4) is 0 Å². The summed E-state index contributed by atoms with van der Waals surface area (Å²) in [5.74, 6) is 0. The molecule has 176 valence electrons. The summed E-state index contributed by atoms with van der Waals surface area (Å²) in [6, 6.07) is 36.9. The van der Waals surface area contributed by atoms with Gasteiger partial charge in [0.15, 0.2) is 0 Å². The standard InChI is InChI=1S/C8H7N.C8H6S.C7H6N2.C7H5NS/c2*1-2-4-8-7(3-1)5-6-9-8;2*1-2-4-7-6(3-1)8-5-9-7/h1-6,9H;1-6H;1-5H,(H,8,9);1-5H. The summed E-state index contributed by atoms with van der Waals surface area (Å²) in [6.07, 6.45) is 3.65. The number of thiophene rings is 1. The van der Waals surface area contributed by atoms with Crippen molar-refractivity contribution < 1.29 is 0 Å². The van der Waals surface area contributed by atoms with Gasteiger partial charge in [-0.25, -0.2) is 9.97 Å². The number of imidazole rings is 1. The van der Waals surface area contributed by atoms with E-state index in [4.69, 9.17) is 0 Å². The van der Waals surface area contributed by atoms with Crippen LogP contribution in [0.2, 0.25) is 0 Å². The number of thiazole rings is 1. The van der Waals surface area contributed by atoms with Gasteiger partial charge in [-0.15, -0.1) is 22.7 Å². The zero-order valence-electron chi connectivity index (χ0n) is 19.4. The van der Waals surface area contributed by atoms with E-state index >= 15 is 0 Å². The summed E-state index contributed by atoms with van der Waals surface area (Å²) in [4.78, 5) is 14.3. The first-order valence-corrected chi connectivity index (χ1v) is 13.2. The molecule has 0 bridgehead atoms. The second-order valence-electron chi connectivity index (χ2n) is 7.76. The molecular formula is C30H24N4S2. The van der Waals surface area contributed by atoms with E-state index in [-0.39, 0.29) is 0 Å². The third-order valence-corrected chi connectivity index (χ3v) is 7.10. The van der Waals surface area contributed by atoms with Crippen molar-refractivity contribution in [1.29, 1.82) is 0 Å². The van der Waals surface area contributed by atoms with Crippen LogP contribution in [0.3, 0.4) is 0 Å². The number of para-hydroxylation sites is 4. The summed E-state index contributed by atoms with van der Waals surface area (Å²) in [5.41, 5.74) is 6.29. The van der Waals surface area contributed by atoms with Crippen LogP contribution in [0.25, 0.3) is 42.2 Å². The first-order valence-electron chi connectivity index (χ1n) is 11.5. The molecule has 8 rings (SSSR count). The molecule has 0 atom stereocenters. The number of fused-ring (bicyclic) bond motifs is 4. The molecule has 6 heteroatoms. The van der Waals surface area contributed by atoms with E-state index in [1.165, 1.54) is 25.7 Å². The molecule has 0 amide bonds. The highest BCUT2D eigenvalue weighted by Gasteiger charge is 1.90. The van der Waals surface area contributed by atoms with E-state index in [9.17, 15) is 0 Å². The molecule has 4 heterocycles. The van der Waals surface area contributed by atoms with Gasteiger partial charge < -0.3 is 9.97 Å². The van der Waals surface area contributed by atoms with Crippen LogP contribution in [0, 0.1) is 0 Å². The minimum Gasteiger partial charge on any atom is -0.361 e. The quantitative estimate of drug-likeness (QED) is 0.217. The van der Waals surface area contributed by atoms with Crippen LogP contribution in [0.4, 0.5) is 0 Å². The number of hydrogen-bond donors (Lipinski definition) is 2. The van der Waals surface area contributed by atoms with Crippen LogP contribution in [-0.4, -0.2) is 19.9 Å². The van der Waals surface area contributed by atoms with Crippen LogP contribution in [0.1, 0.15) is 0 Å². The highest BCUT2D eigenvalue weighted by Crippen LogP contribution is 2.19. The first kappa shape index (κ1) is 23.5. The Hall–Kier alpha value is -4.26. The van der Waals surface area contributed by atoms with Gasteiger partial charge in [-0.05, 0) is 64.7 Å². The van der Waals surface area contributed by atoms with Gasteiger partial charge in [0, 0.05) is 16.4 Å². The average Bonchev–Trinajstić information content (AvgIpc) is 3.76. The van der Waals surface area contributed by atoms with Gasteiger partial charge >= 0.3 is 0 Å². The molecule has 4 aromatic carbocycles. The maximum absolute atomic E-state index is 4.14. The zero-order valence-corrected chi connectivity index (χ0v) is 21.0. The number of H-pyrrole nitrogens is 2. The van der Waals surface area contributed by atoms with Crippen molar-refractivity contribution >= 4 is 64.9 Å². The highest BCUT2D eigenvalue weighted by molar-refractivity contribution is 7.17. The van der Waals surface area contributed by atoms with Crippen LogP contribution in [0.5, 0.6) is 0 Å². The minimum absolute atomic E-state index is 1.03. The number of aromatic amines is 2. The van der Waals surface area contributed by atoms with Gasteiger partial charge in [-0.1, -0.05) is 60.7 Å². The lowest BCUT2D eigenvalue weighted by atomic mass is 10.3. The van der Waals surface area contributed by atoms with Crippen LogP contribution >= 0.6 is 22.7 Å². The Balaban J connectivity index is 0.0000000988. The highest BCUT2D eigenvalue weighted by atomic mass is 32.1. The third-order valence-electron chi connectivity index (χ3n) is 5.39. The van der Waals surface area contributed by atoms with Crippen molar-refractivity contribution in [1.82, 2.24) is 19.9 Å². The minimum atomic E-state index is 1.03. The number of aromatic nitrogens is 4.